The van der Waals surface area contributed by atoms with Crippen molar-refractivity contribution in [3.8, 4) is 11.1 Å². The number of carbonyl (C=O) groups is 1. The lowest BCUT2D eigenvalue weighted by atomic mass is 9.98. The van der Waals surface area contributed by atoms with Crippen molar-refractivity contribution < 1.29 is 4.79 Å². The van der Waals surface area contributed by atoms with E-state index < -0.39 is 0 Å². The third kappa shape index (κ3) is 2.13. The zero-order valence-electron chi connectivity index (χ0n) is 9.60. The van der Waals surface area contributed by atoms with Gasteiger partial charge in [-0.2, -0.15) is 0 Å². The third-order valence-electron chi connectivity index (χ3n) is 2.68. The van der Waals surface area contributed by atoms with Gasteiger partial charge in [-0.3, -0.25) is 4.79 Å². The van der Waals surface area contributed by atoms with Crippen LogP contribution in [0.2, 0.25) is 0 Å². The maximum absolute atomic E-state index is 11.4. The maximum atomic E-state index is 11.4. The van der Waals surface area contributed by atoms with Gasteiger partial charge in [0.25, 0.3) is 0 Å². The summed E-state index contributed by atoms with van der Waals surface area (Å²) in [6.07, 6.45) is 0. The second-order valence-electron chi connectivity index (χ2n) is 3.95. The molecule has 2 rings (SSSR count). The van der Waals surface area contributed by atoms with Crippen molar-refractivity contribution in [2.24, 2.45) is 0 Å². The summed E-state index contributed by atoms with van der Waals surface area (Å²) in [4.78, 5) is 11.4. The molecule has 0 heterocycles. The molecule has 86 valence electrons. The number of hydrogen-bond donors (Lipinski definition) is 2. The predicted octanol–water partition coefficient (Wildman–Crippen LogP) is 2.72. The fraction of sp³-hybridized carbons (Fsp3) is 0.0714. The minimum absolute atomic E-state index is 0.0340. The Morgan fingerprint density at radius 3 is 2.41 bits per heavy atom. The average molecular weight is 226 g/mol. The largest absolute Gasteiger partial charge is 0.399 e. The summed E-state index contributed by atoms with van der Waals surface area (Å²) in [5.41, 5.74) is 15.2. The SMILES string of the molecule is CC(=O)c1cccc(-c2cccc(N)c2)c1N. The predicted molar refractivity (Wildman–Crippen MR) is 70.7 cm³/mol. The molecule has 0 aliphatic rings. The Balaban J connectivity index is 2.60. The van der Waals surface area contributed by atoms with Gasteiger partial charge in [0.2, 0.25) is 0 Å². The van der Waals surface area contributed by atoms with Crippen LogP contribution in [0.4, 0.5) is 11.4 Å². The summed E-state index contributed by atoms with van der Waals surface area (Å²) in [5, 5.41) is 0. The Morgan fingerprint density at radius 2 is 1.76 bits per heavy atom. The number of carbonyl (C=O) groups excluding carboxylic acids is 1. The van der Waals surface area contributed by atoms with Gasteiger partial charge >= 0.3 is 0 Å². The molecule has 0 saturated heterocycles. The van der Waals surface area contributed by atoms with Crippen LogP contribution in [0.25, 0.3) is 11.1 Å². The zero-order valence-corrected chi connectivity index (χ0v) is 9.60. The van der Waals surface area contributed by atoms with Crippen molar-refractivity contribution in [1.82, 2.24) is 0 Å². The highest BCUT2D eigenvalue weighted by Gasteiger charge is 2.09. The molecule has 0 amide bonds. The van der Waals surface area contributed by atoms with E-state index in [1.165, 1.54) is 6.92 Å². The van der Waals surface area contributed by atoms with E-state index in [9.17, 15) is 4.79 Å². The number of hydrogen-bond acceptors (Lipinski definition) is 3. The highest BCUT2D eigenvalue weighted by molar-refractivity contribution is 6.02. The quantitative estimate of drug-likeness (QED) is 0.611. The van der Waals surface area contributed by atoms with Gasteiger partial charge in [0.1, 0.15) is 0 Å². The molecule has 0 aromatic heterocycles. The topological polar surface area (TPSA) is 69.1 Å². The highest BCUT2D eigenvalue weighted by atomic mass is 16.1. The van der Waals surface area contributed by atoms with E-state index in [-0.39, 0.29) is 5.78 Å². The zero-order chi connectivity index (χ0) is 12.4. The molecule has 0 radical (unpaired) electrons. The Morgan fingerprint density at radius 1 is 1.06 bits per heavy atom. The fourth-order valence-electron chi connectivity index (χ4n) is 1.83. The first-order valence-corrected chi connectivity index (χ1v) is 5.35. The van der Waals surface area contributed by atoms with Gasteiger partial charge in [-0.1, -0.05) is 24.3 Å². The first-order chi connectivity index (χ1) is 8.09. The molecule has 0 atom stereocenters. The Labute approximate surface area is 100 Å². The Hall–Kier alpha value is -2.29. The van der Waals surface area contributed by atoms with Crippen molar-refractivity contribution in [2.75, 3.05) is 11.5 Å². The monoisotopic (exact) mass is 226 g/mol. The van der Waals surface area contributed by atoms with Crippen LogP contribution in [0.1, 0.15) is 17.3 Å². The molecule has 3 heteroatoms. The van der Waals surface area contributed by atoms with Gasteiger partial charge in [-0.05, 0) is 30.7 Å². The summed E-state index contributed by atoms with van der Waals surface area (Å²) >= 11 is 0. The van der Waals surface area contributed by atoms with Gasteiger partial charge in [0.05, 0.1) is 5.69 Å². The molecule has 0 fully saturated rings. The second-order valence-corrected chi connectivity index (χ2v) is 3.95. The lowest BCUT2D eigenvalue weighted by Gasteiger charge is -2.09. The van der Waals surface area contributed by atoms with Crippen LogP contribution >= 0.6 is 0 Å². The van der Waals surface area contributed by atoms with E-state index in [4.69, 9.17) is 11.5 Å². The standard InChI is InChI=1S/C14H14N2O/c1-9(17)12-6-3-7-13(14(12)16)10-4-2-5-11(15)8-10/h2-8H,15-16H2,1H3. The third-order valence-corrected chi connectivity index (χ3v) is 2.68. The van der Waals surface area contributed by atoms with Crippen molar-refractivity contribution in [3.63, 3.8) is 0 Å². The van der Waals surface area contributed by atoms with Crippen LogP contribution in [-0.2, 0) is 0 Å². The summed E-state index contributed by atoms with van der Waals surface area (Å²) in [6.45, 7) is 1.51. The molecule has 17 heavy (non-hydrogen) atoms. The van der Waals surface area contributed by atoms with Crippen LogP contribution in [0.15, 0.2) is 42.5 Å². The van der Waals surface area contributed by atoms with E-state index in [1.807, 2.05) is 36.4 Å². The number of para-hydroxylation sites is 1. The lowest BCUT2D eigenvalue weighted by Crippen LogP contribution is -2.01. The second kappa shape index (κ2) is 4.29. The molecule has 4 N–H and O–H groups in total. The first-order valence-electron chi connectivity index (χ1n) is 5.35. The Kier molecular flexibility index (Phi) is 2.83. The molecule has 0 unspecified atom stereocenters. The van der Waals surface area contributed by atoms with E-state index in [1.54, 1.807) is 6.07 Å². The van der Waals surface area contributed by atoms with Crippen molar-refractivity contribution in [2.45, 2.75) is 6.92 Å². The first kappa shape index (κ1) is 11.2. The minimum atomic E-state index is -0.0340. The van der Waals surface area contributed by atoms with Crippen molar-refractivity contribution in [3.05, 3.63) is 48.0 Å². The number of nitrogens with two attached hydrogens (primary N) is 2. The lowest BCUT2D eigenvalue weighted by molar-refractivity contribution is 0.101. The van der Waals surface area contributed by atoms with Crippen molar-refractivity contribution >= 4 is 17.2 Å². The number of nitrogen functional groups attached to an aromatic ring is 2. The number of ketones is 1. The van der Waals surface area contributed by atoms with Gasteiger partial charge in [-0.15, -0.1) is 0 Å². The molecule has 0 aliphatic heterocycles. The minimum Gasteiger partial charge on any atom is -0.399 e. The van der Waals surface area contributed by atoms with E-state index in [0.717, 1.165) is 11.1 Å². The molecular weight excluding hydrogens is 212 g/mol. The maximum Gasteiger partial charge on any atom is 0.161 e. The number of anilines is 2. The van der Waals surface area contributed by atoms with Gasteiger partial charge in [-0.25, -0.2) is 0 Å². The van der Waals surface area contributed by atoms with Gasteiger partial charge in [0.15, 0.2) is 5.78 Å². The van der Waals surface area contributed by atoms with E-state index in [2.05, 4.69) is 0 Å². The molecule has 0 spiro atoms. The smallest absolute Gasteiger partial charge is 0.161 e. The fourth-order valence-corrected chi connectivity index (χ4v) is 1.83. The normalized spacial score (nSPS) is 10.2. The molecule has 2 aromatic carbocycles. The number of rotatable bonds is 2. The summed E-state index contributed by atoms with van der Waals surface area (Å²) in [5.74, 6) is -0.0340. The highest BCUT2D eigenvalue weighted by Crippen LogP contribution is 2.29. The van der Waals surface area contributed by atoms with E-state index >= 15 is 0 Å². The molecular formula is C14H14N2O. The van der Waals surface area contributed by atoms with Crippen LogP contribution in [0.5, 0.6) is 0 Å². The molecule has 0 bridgehead atoms. The van der Waals surface area contributed by atoms with Crippen LogP contribution in [0.3, 0.4) is 0 Å². The van der Waals surface area contributed by atoms with E-state index in [0.29, 0.717) is 16.9 Å². The Bertz CT molecular complexity index is 576. The van der Waals surface area contributed by atoms with Crippen LogP contribution in [0, 0.1) is 0 Å². The van der Waals surface area contributed by atoms with Gasteiger partial charge < -0.3 is 11.5 Å². The molecule has 0 saturated carbocycles. The molecule has 2 aromatic rings. The number of Topliss-reactive ketones (excluding diaryl/α,β-unsaturated/α-hetero) is 1. The van der Waals surface area contributed by atoms with Gasteiger partial charge in [0, 0.05) is 16.8 Å². The van der Waals surface area contributed by atoms with Crippen LogP contribution < -0.4 is 11.5 Å². The number of benzene rings is 2. The molecule has 0 aliphatic carbocycles. The summed E-state index contributed by atoms with van der Waals surface area (Å²) in [7, 11) is 0. The summed E-state index contributed by atoms with van der Waals surface area (Å²) in [6, 6.07) is 12.9. The van der Waals surface area contributed by atoms with Crippen molar-refractivity contribution in [1.29, 1.82) is 0 Å². The van der Waals surface area contributed by atoms with Crippen LogP contribution in [-0.4, -0.2) is 5.78 Å². The molecule has 3 nitrogen and oxygen atoms in total. The average Bonchev–Trinajstić information content (AvgIpc) is 2.29. The summed E-state index contributed by atoms with van der Waals surface area (Å²) < 4.78 is 0.